The van der Waals surface area contributed by atoms with E-state index < -0.39 is 0 Å². The van der Waals surface area contributed by atoms with Crippen LogP contribution < -0.4 is 5.73 Å². The third kappa shape index (κ3) is 1.74. The van der Waals surface area contributed by atoms with Gasteiger partial charge in [-0.05, 0) is 25.2 Å². The zero-order valence-electron chi connectivity index (χ0n) is 8.74. The lowest BCUT2D eigenvalue weighted by Gasteiger charge is -2.25. The molecule has 1 aromatic rings. The standard InChI is InChI=1S/C10H18N4/c1-2-4-9-10(11)12-13-14(9)7-8-5-3-6-8/h8H,2-7,11H2,1H3. The van der Waals surface area contributed by atoms with Gasteiger partial charge < -0.3 is 5.73 Å². The van der Waals surface area contributed by atoms with Gasteiger partial charge in [-0.1, -0.05) is 25.0 Å². The van der Waals surface area contributed by atoms with E-state index in [2.05, 4.69) is 17.2 Å². The van der Waals surface area contributed by atoms with Gasteiger partial charge in [0.15, 0.2) is 5.82 Å². The van der Waals surface area contributed by atoms with Gasteiger partial charge in [0.05, 0.1) is 5.69 Å². The van der Waals surface area contributed by atoms with Gasteiger partial charge in [0, 0.05) is 6.54 Å². The second-order valence-electron chi connectivity index (χ2n) is 4.15. The van der Waals surface area contributed by atoms with Crippen molar-refractivity contribution < 1.29 is 0 Å². The first kappa shape index (κ1) is 9.49. The average Bonchev–Trinajstić information content (AvgIpc) is 2.43. The maximum atomic E-state index is 5.77. The van der Waals surface area contributed by atoms with Crippen molar-refractivity contribution >= 4 is 5.82 Å². The molecule has 0 unspecified atom stereocenters. The average molecular weight is 194 g/mol. The Hall–Kier alpha value is -1.06. The van der Waals surface area contributed by atoms with E-state index >= 15 is 0 Å². The summed E-state index contributed by atoms with van der Waals surface area (Å²) in [5, 5.41) is 8.04. The molecular formula is C10H18N4. The minimum atomic E-state index is 0.617. The SMILES string of the molecule is CCCc1c(N)nnn1CC1CCC1. The van der Waals surface area contributed by atoms with E-state index in [1.165, 1.54) is 19.3 Å². The second-order valence-corrected chi connectivity index (χ2v) is 4.15. The summed E-state index contributed by atoms with van der Waals surface area (Å²) in [4.78, 5) is 0. The molecule has 14 heavy (non-hydrogen) atoms. The second kappa shape index (κ2) is 3.98. The molecule has 0 bridgehead atoms. The number of aromatic nitrogens is 3. The fraction of sp³-hybridized carbons (Fsp3) is 0.800. The lowest BCUT2D eigenvalue weighted by molar-refractivity contribution is 0.261. The molecule has 0 aliphatic heterocycles. The van der Waals surface area contributed by atoms with Crippen LogP contribution in [0.1, 0.15) is 38.3 Å². The molecule has 0 saturated heterocycles. The molecule has 0 radical (unpaired) electrons. The van der Waals surface area contributed by atoms with Crippen LogP contribution >= 0.6 is 0 Å². The summed E-state index contributed by atoms with van der Waals surface area (Å²) in [6.07, 6.45) is 6.14. The van der Waals surface area contributed by atoms with Crippen molar-refractivity contribution in [1.29, 1.82) is 0 Å². The predicted octanol–water partition coefficient (Wildman–Crippen LogP) is 1.61. The van der Waals surface area contributed by atoms with Crippen molar-refractivity contribution in [2.24, 2.45) is 5.92 Å². The van der Waals surface area contributed by atoms with Crippen molar-refractivity contribution in [3.8, 4) is 0 Å². The summed E-state index contributed by atoms with van der Waals surface area (Å²) < 4.78 is 2.00. The van der Waals surface area contributed by atoms with Gasteiger partial charge in [0.2, 0.25) is 0 Å². The molecule has 1 aromatic heterocycles. The molecule has 0 amide bonds. The van der Waals surface area contributed by atoms with E-state index in [4.69, 9.17) is 5.73 Å². The van der Waals surface area contributed by atoms with Crippen LogP contribution in [-0.4, -0.2) is 15.0 Å². The zero-order valence-corrected chi connectivity index (χ0v) is 8.74. The van der Waals surface area contributed by atoms with Crippen molar-refractivity contribution in [3.05, 3.63) is 5.69 Å². The largest absolute Gasteiger partial charge is 0.381 e. The first-order chi connectivity index (χ1) is 6.81. The van der Waals surface area contributed by atoms with Crippen molar-refractivity contribution in [2.75, 3.05) is 5.73 Å². The maximum Gasteiger partial charge on any atom is 0.169 e. The van der Waals surface area contributed by atoms with Crippen LogP contribution in [0.3, 0.4) is 0 Å². The first-order valence-corrected chi connectivity index (χ1v) is 5.49. The van der Waals surface area contributed by atoms with Gasteiger partial charge in [-0.3, -0.25) is 0 Å². The summed E-state index contributed by atoms with van der Waals surface area (Å²) in [7, 11) is 0. The molecule has 4 nitrogen and oxygen atoms in total. The summed E-state index contributed by atoms with van der Waals surface area (Å²) in [5.41, 5.74) is 6.89. The molecule has 2 rings (SSSR count). The molecule has 1 fully saturated rings. The van der Waals surface area contributed by atoms with E-state index in [0.29, 0.717) is 5.82 Å². The summed E-state index contributed by atoms with van der Waals surface area (Å²) in [6, 6.07) is 0. The van der Waals surface area contributed by atoms with Crippen LogP contribution in [0.4, 0.5) is 5.82 Å². The molecular weight excluding hydrogens is 176 g/mol. The minimum Gasteiger partial charge on any atom is -0.381 e. The Balaban J connectivity index is 2.06. The Morgan fingerprint density at radius 2 is 2.29 bits per heavy atom. The molecule has 78 valence electrons. The number of anilines is 1. The third-order valence-electron chi connectivity index (χ3n) is 3.01. The molecule has 0 aromatic carbocycles. The van der Waals surface area contributed by atoms with Crippen LogP contribution in [0.2, 0.25) is 0 Å². The number of rotatable bonds is 4. The Labute approximate surface area is 84.5 Å². The number of nitrogen functional groups attached to an aromatic ring is 1. The monoisotopic (exact) mass is 194 g/mol. The first-order valence-electron chi connectivity index (χ1n) is 5.49. The van der Waals surface area contributed by atoms with E-state index in [-0.39, 0.29) is 0 Å². The number of nitrogens with zero attached hydrogens (tertiary/aromatic N) is 3. The van der Waals surface area contributed by atoms with Gasteiger partial charge in [0.25, 0.3) is 0 Å². The van der Waals surface area contributed by atoms with Crippen LogP contribution in [0.15, 0.2) is 0 Å². The van der Waals surface area contributed by atoms with E-state index in [1.54, 1.807) is 0 Å². The van der Waals surface area contributed by atoms with E-state index in [9.17, 15) is 0 Å². The molecule has 1 aliphatic rings. The van der Waals surface area contributed by atoms with Crippen LogP contribution in [-0.2, 0) is 13.0 Å². The van der Waals surface area contributed by atoms with E-state index in [1.807, 2.05) is 4.68 Å². The number of nitrogens with two attached hydrogens (primary N) is 1. The summed E-state index contributed by atoms with van der Waals surface area (Å²) in [5.74, 6) is 1.43. The minimum absolute atomic E-state index is 0.617. The predicted molar refractivity (Wildman–Crippen MR) is 55.8 cm³/mol. The highest BCUT2D eigenvalue weighted by molar-refractivity contribution is 5.32. The number of hydrogen-bond donors (Lipinski definition) is 1. The lowest BCUT2D eigenvalue weighted by Crippen LogP contribution is -2.20. The normalized spacial score (nSPS) is 16.9. The third-order valence-corrected chi connectivity index (χ3v) is 3.01. The smallest absolute Gasteiger partial charge is 0.169 e. The molecule has 0 atom stereocenters. The van der Waals surface area contributed by atoms with Crippen LogP contribution in [0.5, 0.6) is 0 Å². The highest BCUT2D eigenvalue weighted by Gasteiger charge is 2.20. The van der Waals surface area contributed by atoms with Crippen molar-refractivity contribution in [1.82, 2.24) is 15.0 Å². The summed E-state index contributed by atoms with van der Waals surface area (Å²) >= 11 is 0. The Kier molecular flexibility index (Phi) is 2.70. The van der Waals surface area contributed by atoms with Gasteiger partial charge in [-0.2, -0.15) is 0 Å². The molecule has 2 N–H and O–H groups in total. The van der Waals surface area contributed by atoms with Crippen LogP contribution in [0, 0.1) is 5.92 Å². The molecule has 1 aliphatic carbocycles. The Morgan fingerprint density at radius 3 is 2.86 bits per heavy atom. The molecule has 1 saturated carbocycles. The van der Waals surface area contributed by atoms with Crippen molar-refractivity contribution in [3.63, 3.8) is 0 Å². The zero-order chi connectivity index (χ0) is 9.97. The van der Waals surface area contributed by atoms with Gasteiger partial charge in [0.1, 0.15) is 0 Å². The summed E-state index contributed by atoms with van der Waals surface area (Å²) in [6.45, 7) is 3.17. The van der Waals surface area contributed by atoms with Crippen molar-refractivity contribution in [2.45, 2.75) is 45.6 Å². The maximum absolute atomic E-state index is 5.77. The Bertz CT molecular complexity index is 301. The Morgan fingerprint density at radius 1 is 1.50 bits per heavy atom. The van der Waals surface area contributed by atoms with Crippen LogP contribution in [0.25, 0.3) is 0 Å². The van der Waals surface area contributed by atoms with E-state index in [0.717, 1.165) is 31.0 Å². The molecule has 4 heteroatoms. The fourth-order valence-corrected chi connectivity index (χ4v) is 1.91. The van der Waals surface area contributed by atoms with Gasteiger partial charge in [-0.15, -0.1) is 5.10 Å². The van der Waals surface area contributed by atoms with Gasteiger partial charge in [-0.25, -0.2) is 4.68 Å². The fourth-order valence-electron chi connectivity index (χ4n) is 1.91. The molecule has 1 heterocycles. The lowest BCUT2D eigenvalue weighted by atomic mass is 9.85. The quantitative estimate of drug-likeness (QED) is 0.792. The highest BCUT2D eigenvalue weighted by atomic mass is 15.4. The number of hydrogen-bond acceptors (Lipinski definition) is 3. The highest BCUT2D eigenvalue weighted by Crippen LogP contribution is 2.28. The topological polar surface area (TPSA) is 56.7 Å². The van der Waals surface area contributed by atoms with Gasteiger partial charge >= 0.3 is 0 Å². The molecule has 0 spiro atoms.